The highest BCUT2D eigenvalue weighted by Crippen LogP contribution is 2.45. The molecule has 0 saturated heterocycles. The fourth-order valence-corrected chi connectivity index (χ4v) is 5.45. The van der Waals surface area contributed by atoms with Crippen molar-refractivity contribution >= 4 is 28.3 Å². The van der Waals surface area contributed by atoms with Crippen molar-refractivity contribution in [3.63, 3.8) is 0 Å². The van der Waals surface area contributed by atoms with Gasteiger partial charge in [0.05, 0.1) is 5.56 Å². The van der Waals surface area contributed by atoms with Crippen LogP contribution in [-0.4, -0.2) is 5.91 Å². The van der Waals surface area contributed by atoms with Gasteiger partial charge >= 0.3 is 0 Å². The molecule has 4 heteroatoms. The number of nitrogens with zero attached hydrogens (tertiary/aromatic N) is 1. The van der Waals surface area contributed by atoms with Gasteiger partial charge in [0, 0.05) is 11.0 Å². The summed E-state index contributed by atoms with van der Waals surface area (Å²) in [5, 5.41) is 13.4. The van der Waals surface area contributed by atoms with Crippen molar-refractivity contribution < 1.29 is 4.79 Å². The lowest BCUT2D eigenvalue weighted by atomic mass is 9.69. The standard InChI is InChI=1S/C27H34N2OS/c1-7-27(5,6)20-13-14-21-22(17-28)25(31-23(21)16-20)29-24(30)15-10-18-8-11-19(12-9-18)26(2,3)4/h8-12,15,20H,7,13-14,16H2,1-6H3,(H,29,30). The molecule has 1 aromatic carbocycles. The number of anilines is 1. The molecule has 164 valence electrons. The SMILES string of the molecule is CCC(C)(C)C1CCc2c(sc(NC(=O)C=Cc3ccc(C(C)(C)C)cc3)c2C#N)C1. The predicted octanol–water partition coefficient (Wildman–Crippen LogP) is 7.11. The number of hydrogen-bond donors (Lipinski definition) is 1. The highest BCUT2D eigenvalue weighted by Gasteiger charge is 2.34. The van der Waals surface area contributed by atoms with E-state index in [0.717, 1.165) is 36.8 Å². The number of thiophene rings is 1. The van der Waals surface area contributed by atoms with Crippen LogP contribution in [0.25, 0.3) is 6.08 Å². The molecule has 0 aliphatic heterocycles. The van der Waals surface area contributed by atoms with Gasteiger partial charge in [-0.1, -0.05) is 72.2 Å². The Morgan fingerprint density at radius 3 is 2.48 bits per heavy atom. The molecular weight excluding hydrogens is 400 g/mol. The van der Waals surface area contributed by atoms with E-state index in [-0.39, 0.29) is 11.3 Å². The molecule has 1 unspecified atom stereocenters. The molecule has 1 aliphatic carbocycles. The average Bonchev–Trinajstić information content (AvgIpc) is 3.07. The van der Waals surface area contributed by atoms with Crippen LogP contribution >= 0.6 is 11.3 Å². The molecule has 31 heavy (non-hydrogen) atoms. The summed E-state index contributed by atoms with van der Waals surface area (Å²) in [4.78, 5) is 13.8. The molecule has 1 N–H and O–H groups in total. The summed E-state index contributed by atoms with van der Waals surface area (Å²) in [5.41, 5.74) is 4.46. The molecule has 0 radical (unpaired) electrons. The first-order valence-electron chi connectivity index (χ1n) is 11.2. The third kappa shape index (κ3) is 5.28. The Hall–Kier alpha value is -2.38. The second-order valence-electron chi connectivity index (χ2n) is 10.3. The van der Waals surface area contributed by atoms with Gasteiger partial charge < -0.3 is 5.32 Å². The van der Waals surface area contributed by atoms with E-state index in [2.05, 4.69) is 65.1 Å². The van der Waals surface area contributed by atoms with E-state index in [0.29, 0.717) is 21.9 Å². The Bertz CT molecular complexity index is 1010. The van der Waals surface area contributed by atoms with E-state index < -0.39 is 0 Å². The topological polar surface area (TPSA) is 52.9 Å². The molecule has 0 spiro atoms. The number of nitriles is 1. The Balaban J connectivity index is 1.72. The van der Waals surface area contributed by atoms with Crippen molar-refractivity contribution in [3.8, 4) is 6.07 Å². The molecule has 2 aromatic rings. The lowest BCUT2D eigenvalue weighted by Gasteiger charge is -2.36. The Morgan fingerprint density at radius 2 is 1.90 bits per heavy atom. The number of fused-ring (bicyclic) bond motifs is 1. The van der Waals surface area contributed by atoms with E-state index in [1.807, 2.05) is 18.2 Å². The van der Waals surface area contributed by atoms with Crippen LogP contribution in [-0.2, 0) is 23.1 Å². The minimum atomic E-state index is -0.194. The van der Waals surface area contributed by atoms with Gasteiger partial charge in [-0.15, -0.1) is 11.3 Å². The molecular formula is C27H34N2OS. The molecule has 3 nitrogen and oxygen atoms in total. The predicted molar refractivity (Wildman–Crippen MR) is 131 cm³/mol. The van der Waals surface area contributed by atoms with E-state index in [4.69, 9.17) is 0 Å². The van der Waals surface area contributed by atoms with Gasteiger partial charge in [0.1, 0.15) is 11.1 Å². The number of hydrogen-bond acceptors (Lipinski definition) is 3. The summed E-state index contributed by atoms with van der Waals surface area (Å²) < 4.78 is 0. The fraction of sp³-hybridized carbons (Fsp3) is 0.481. The second-order valence-corrected chi connectivity index (χ2v) is 11.4. The van der Waals surface area contributed by atoms with Gasteiger partial charge in [-0.3, -0.25) is 4.79 Å². The summed E-state index contributed by atoms with van der Waals surface area (Å²) in [6, 6.07) is 10.6. The van der Waals surface area contributed by atoms with Crippen LogP contribution in [0.3, 0.4) is 0 Å². The lowest BCUT2D eigenvalue weighted by Crippen LogP contribution is -2.28. The van der Waals surface area contributed by atoms with Crippen LogP contribution < -0.4 is 5.32 Å². The Morgan fingerprint density at radius 1 is 1.23 bits per heavy atom. The summed E-state index contributed by atoms with van der Waals surface area (Å²) in [7, 11) is 0. The average molecular weight is 435 g/mol. The van der Waals surface area contributed by atoms with Crippen LogP contribution in [0.4, 0.5) is 5.00 Å². The lowest BCUT2D eigenvalue weighted by molar-refractivity contribution is -0.111. The van der Waals surface area contributed by atoms with E-state index >= 15 is 0 Å². The molecule has 1 aliphatic rings. The zero-order valence-corrected chi connectivity index (χ0v) is 20.5. The van der Waals surface area contributed by atoms with Crippen LogP contribution in [0.5, 0.6) is 0 Å². The second kappa shape index (κ2) is 9.01. The monoisotopic (exact) mass is 434 g/mol. The minimum absolute atomic E-state index is 0.108. The quantitative estimate of drug-likeness (QED) is 0.510. The summed E-state index contributed by atoms with van der Waals surface area (Å²) >= 11 is 1.58. The largest absolute Gasteiger partial charge is 0.313 e. The molecule has 1 amide bonds. The van der Waals surface area contributed by atoms with Crippen molar-refractivity contribution in [3.05, 3.63) is 57.5 Å². The first kappa shape index (κ1) is 23.3. The van der Waals surface area contributed by atoms with E-state index in [9.17, 15) is 10.1 Å². The van der Waals surface area contributed by atoms with Gasteiger partial charge in [0.15, 0.2) is 0 Å². The van der Waals surface area contributed by atoms with Crippen molar-refractivity contribution in [2.24, 2.45) is 11.3 Å². The number of amides is 1. The smallest absolute Gasteiger partial charge is 0.249 e. The molecule has 0 fully saturated rings. The molecule has 3 rings (SSSR count). The minimum Gasteiger partial charge on any atom is -0.313 e. The summed E-state index contributed by atoms with van der Waals surface area (Å²) in [6.07, 6.45) is 7.55. The van der Waals surface area contributed by atoms with E-state index in [1.54, 1.807) is 17.4 Å². The highest BCUT2D eigenvalue weighted by molar-refractivity contribution is 7.16. The molecule has 0 bridgehead atoms. The van der Waals surface area contributed by atoms with Gasteiger partial charge in [0.2, 0.25) is 5.91 Å². The third-order valence-electron chi connectivity index (χ3n) is 6.83. The zero-order valence-electron chi connectivity index (χ0n) is 19.6. The van der Waals surface area contributed by atoms with Crippen LogP contribution in [0, 0.1) is 22.7 Å². The van der Waals surface area contributed by atoms with Crippen molar-refractivity contribution in [2.75, 3.05) is 5.32 Å². The van der Waals surface area contributed by atoms with Crippen molar-refractivity contribution in [1.82, 2.24) is 0 Å². The number of benzene rings is 1. The molecule has 0 saturated carbocycles. The third-order valence-corrected chi connectivity index (χ3v) is 8.00. The Labute approximate surface area is 191 Å². The van der Waals surface area contributed by atoms with Crippen molar-refractivity contribution in [2.45, 2.75) is 72.6 Å². The van der Waals surface area contributed by atoms with Crippen LogP contribution in [0.15, 0.2) is 30.3 Å². The Kier molecular flexibility index (Phi) is 6.76. The molecule has 1 atom stereocenters. The highest BCUT2D eigenvalue weighted by atomic mass is 32.1. The van der Waals surface area contributed by atoms with Gasteiger partial charge in [0.25, 0.3) is 0 Å². The van der Waals surface area contributed by atoms with Crippen molar-refractivity contribution in [1.29, 1.82) is 5.26 Å². The normalized spacial score (nSPS) is 16.7. The number of nitrogens with one attached hydrogen (secondary N) is 1. The first-order valence-corrected chi connectivity index (χ1v) is 12.0. The maximum atomic E-state index is 12.6. The first-order chi connectivity index (χ1) is 14.5. The summed E-state index contributed by atoms with van der Waals surface area (Å²) in [5.74, 6) is 0.426. The molecule has 1 heterocycles. The number of carbonyl (C=O) groups excluding carboxylic acids is 1. The van der Waals surface area contributed by atoms with E-state index in [1.165, 1.54) is 10.4 Å². The fourth-order valence-electron chi connectivity index (χ4n) is 4.17. The zero-order chi connectivity index (χ0) is 22.8. The summed E-state index contributed by atoms with van der Waals surface area (Å²) in [6.45, 7) is 13.5. The van der Waals surface area contributed by atoms with Crippen LogP contribution in [0.1, 0.15) is 81.5 Å². The number of rotatable bonds is 5. The van der Waals surface area contributed by atoms with Gasteiger partial charge in [-0.25, -0.2) is 0 Å². The van der Waals surface area contributed by atoms with Crippen LogP contribution in [0.2, 0.25) is 0 Å². The van der Waals surface area contributed by atoms with Gasteiger partial charge in [-0.2, -0.15) is 5.26 Å². The molecule has 1 aromatic heterocycles. The number of carbonyl (C=O) groups is 1. The maximum Gasteiger partial charge on any atom is 0.249 e. The van der Waals surface area contributed by atoms with Gasteiger partial charge in [-0.05, 0) is 58.8 Å². The maximum absolute atomic E-state index is 12.6.